The van der Waals surface area contributed by atoms with E-state index in [1.54, 1.807) is 6.07 Å². The van der Waals surface area contributed by atoms with Crippen LogP contribution in [0.4, 0.5) is 17.1 Å². The van der Waals surface area contributed by atoms with Gasteiger partial charge in [-0.3, -0.25) is 14.9 Å². The molecule has 0 saturated heterocycles. The van der Waals surface area contributed by atoms with Crippen LogP contribution in [0.15, 0.2) is 18.2 Å². The molecule has 0 aliphatic carbocycles. The summed E-state index contributed by atoms with van der Waals surface area (Å²) in [5.74, 6) is -0.284. The summed E-state index contributed by atoms with van der Waals surface area (Å²) in [4.78, 5) is 21.7. The lowest BCUT2D eigenvalue weighted by molar-refractivity contribution is -0.383. The summed E-state index contributed by atoms with van der Waals surface area (Å²) in [6.45, 7) is 0.716. The number of nitro groups is 1. The zero-order valence-electron chi connectivity index (χ0n) is 10.5. The lowest BCUT2D eigenvalue weighted by atomic mass is 10.2. The van der Waals surface area contributed by atoms with Gasteiger partial charge < -0.3 is 21.1 Å². The van der Waals surface area contributed by atoms with Crippen molar-refractivity contribution in [2.45, 2.75) is 0 Å². The van der Waals surface area contributed by atoms with Crippen LogP contribution < -0.4 is 16.4 Å². The molecule has 0 atom stereocenters. The Balaban J connectivity index is 2.60. The molecule has 1 rings (SSSR count). The number of carbonyl (C=O) groups is 1. The van der Waals surface area contributed by atoms with E-state index in [1.165, 1.54) is 19.2 Å². The normalized spacial score (nSPS) is 9.95. The van der Waals surface area contributed by atoms with Gasteiger partial charge >= 0.3 is 5.69 Å². The molecule has 1 aromatic rings. The summed E-state index contributed by atoms with van der Waals surface area (Å²) < 4.78 is 4.78. The molecule has 1 amide bonds. The third-order valence-corrected chi connectivity index (χ3v) is 2.32. The number of methoxy groups -OCH3 is 1. The van der Waals surface area contributed by atoms with Crippen LogP contribution in [0.25, 0.3) is 0 Å². The van der Waals surface area contributed by atoms with E-state index in [1.807, 2.05) is 0 Å². The van der Waals surface area contributed by atoms with Gasteiger partial charge in [0.2, 0.25) is 5.91 Å². The summed E-state index contributed by atoms with van der Waals surface area (Å²) in [6.07, 6.45) is 0. The second-order valence-electron chi connectivity index (χ2n) is 3.70. The molecule has 0 radical (unpaired) electrons. The Bertz CT molecular complexity index is 464. The highest BCUT2D eigenvalue weighted by Crippen LogP contribution is 2.30. The summed E-state index contributed by atoms with van der Waals surface area (Å²) in [6, 6.07) is 4.51. The predicted octanol–water partition coefficient (Wildman–Crippen LogP) is 0.351. The third kappa shape index (κ3) is 4.43. The second-order valence-corrected chi connectivity index (χ2v) is 3.70. The number of nitro benzene ring substituents is 1. The fraction of sp³-hybridized carbons (Fsp3) is 0.364. The highest BCUT2D eigenvalue weighted by Gasteiger charge is 2.17. The molecule has 0 unspecified atom stereocenters. The Kier molecular flexibility index (Phi) is 5.55. The van der Waals surface area contributed by atoms with Crippen LogP contribution in [0.5, 0.6) is 0 Å². The Morgan fingerprint density at radius 3 is 2.89 bits per heavy atom. The first-order chi connectivity index (χ1) is 9.06. The largest absolute Gasteiger partial charge is 0.393 e. The smallest absolute Gasteiger partial charge is 0.314 e. The van der Waals surface area contributed by atoms with Gasteiger partial charge in [0.15, 0.2) is 0 Å². The number of amides is 1. The number of nitrogen functional groups attached to an aromatic ring is 1. The van der Waals surface area contributed by atoms with E-state index < -0.39 is 4.92 Å². The zero-order chi connectivity index (χ0) is 14.3. The van der Waals surface area contributed by atoms with Gasteiger partial charge in [-0.05, 0) is 12.1 Å². The van der Waals surface area contributed by atoms with Crippen molar-refractivity contribution in [3.8, 4) is 0 Å². The van der Waals surface area contributed by atoms with E-state index in [2.05, 4.69) is 10.6 Å². The zero-order valence-corrected chi connectivity index (χ0v) is 10.5. The Morgan fingerprint density at radius 1 is 1.53 bits per heavy atom. The fourth-order valence-electron chi connectivity index (χ4n) is 1.44. The van der Waals surface area contributed by atoms with Gasteiger partial charge in [-0.1, -0.05) is 6.07 Å². The predicted molar refractivity (Wildman–Crippen MR) is 70.9 cm³/mol. The number of rotatable bonds is 7. The van der Waals surface area contributed by atoms with Crippen LogP contribution in [0.2, 0.25) is 0 Å². The number of carbonyl (C=O) groups excluding carboxylic acids is 1. The molecule has 0 aliphatic rings. The molecule has 1 aromatic carbocycles. The van der Waals surface area contributed by atoms with Crippen LogP contribution in [0.3, 0.4) is 0 Å². The minimum absolute atomic E-state index is 0.0507. The SMILES string of the molecule is COCCNC(=O)CNc1cccc(N)c1[N+](=O)[O-]. The lowest BCUT2D eigenvalue weighted by Crippen LogP contribution is -2.32. The molecule has 0 spiro atoms. The average Bonchev–Trinajstić information content (AvgIpc) is 2.36. The van der Waals surface area contributed by atoms with Crippen molar-refractivity contribution in [2.75, 3.05) is 37.9 Å². The van der Waals surface area contributed by atoms with E-state index in [0.29, 0.717) is 13.2 Å². The maximum absolute atomic E-state index is 11.4. The lowest BCUT2D eigenvalue weighted by Gasteiger charge is -2.08. The van der Waals surface area contributed by atoms with E-state index in [0.717, 1.165) is 0 Å². The molecule has 0 aromatic heterocycles. The van der Waals surface area contributed by atoms with Crippen molar-refractivity contribution in [1.82, 2.24) is 5.32 Å². The molecule has 0 saturated carbocycles. The Hall–Kier alpha value is -2.35. The number of nitrogens with two attached hydrogens (primary N) is 1. The molecule has 0 heterocycles. The van der Waals surface area contributed by atoms with Crippen LogP contribution >= 0.6 is 0 Å². The van der Waals surface area contributed by atoms with Crippen molar-refractivity contribution < 1.29 is 14.5 Å². The number of anilines is 2. The molecular weight excluding hydrogens is 252 g/mol. The molecule has 0 bridgehead atoms. The highest BCUT2D eigenvalue weighted by molar-refractivity contribution is 5.83. The quantitative estimate of drug-likeness (QED) is 0.284. The van der Waals surface area contributed by atoms with Gasteiger partial charge in [-0.2, -0.15) is 0 Å². The summed E-state index contributed by atoms with van der Waals surface area (Å²) in [5.41, 5.74) is 5.56. The number of hydrogen-bond donors (Lipinski definition) is 3. The van der Waals surface area contributed by atoms with Gasteiger partial charge in [0, 0.05) is 13.7 Å². The van der Waals surface area contributed by atoms with E-state index >= 15 is 0 Å². The first-order valence-electron chi connectivity index (χ1n) is 5.58. The summed E-state index contributed by atoms with van der Waals surface area (Å²) >= 11 is 0. The maximum atomic E-state index is 11.4. The number of para-hydroxylation sites is 1. The van der Waals surface area contributed by atoms with Crippen LogP contribution in [-0.2, 0) is 9.53 Å². The topological polar surface area (TPSA) is 120 Å². The number of nitrogens with one attached hydrogen (secondary N) is 2. The summed E-state index contributed by atoms with van der Waals surface area (Å²) in [5, 5.41) is 16.1. The average molecular weight is 268 g/mol. The summed E-state index contributed by atoms with van der Waals surface area (Å²) in [7, 11) is 1.53. The highest BCUT2D eigenvalue weighted by atomic mass is 16.6. The van der Waals surface area contributed by atoms with Crippen molar-refractivity contribution in [3.05, 3.63) is 28.3 Å². The number of hydrogen-bond acceptors (Lipinski definition) is 6. The minimum Gasteiger partial charge on any atom is -0.393 e. The molecule has 104 valence electrons. The molecule has 8 heteroatoms. The molecular formula is C11H16N4O4. The molecule has 4 N–H and O–H groups in total. The number of nitrogens with zero attached hydrogens (tertiary/aromatic N) is 1. The standard InChI is InChI=1S/C11H16N4O4/c1-19-6-5-13-10(16)7-14-9-4-2-3-8(12)11(9)15(17)18/h2-4,14H,5-7,12H2,1H3,(H,13,16). The maximum Gasteiger partial charge on any atom is 0.314 e. The fourth-order valence-corrected chi connectivity index (χ4v) is 1.44. The Morgan fingerprint density at radius 2 is 2.26 bits per heavy atom. The van der Waals surface area contributed by atoms with Crippen LogP contribution in [0, 0.1) is 10.1 Å². The molecule has 0 fully saturated rings. The Labute approximate surface area is 110 Å². The van der Waals surface area contributed by atoms with Crippen molar-refractivity contribution in [1.29, 1.82) is 0 Å². The third-order valence-electron chi connectivity index (χ3n) is 2.32. The van der Waals surface area contributed by atoms with Gasteiger partial charge in [0.25, 0.3) is 0 Å². The van der Waals surface area contributed by atoms with E-state index in [9.17, 15) is 14.9 Å². The molecule has 19 heavy (non-hydrogen) atoms. The molecule has 8 nitrogen and oxygen atoms in total. The first kappa shape index (κ1) is 14.7. The second kappa shape index (κ2) is 7.17. The number of ether oxygens (including phenoxy) is 1. The first-order valence-corrected chi connectivity index (χ1v) is 5.58. The van der Waals surface area contributed by atoms with Crippen molar-refractivity contribution >= 4 is 23.0 Å². The minimum atomic E-state index is -0.583. The van der Waals surface area contributed by atoms with E-state index in [-0.39, 0.29) is 29.5 Å². The molecule has 0 aliphatic heterocycles. The van der Waals surface area contributed by atoms with Gasteiger partial charge in [0.05, 0.1) is 18.1 Å². The van der Waals surface area contributed by atoms with Gasteiger partial charge in [0.1, 0.15) is 11.4 Å². The van der Waals surface area contributed by atoms with Crippen LogP contribution in [-0.4, -0.2) is 37.6 Å². The van der Waals surface area contributed by atoms with Crippen molar-refractivity contribution in [2.24, 2.45) is 0 Å². The monoisotopic (exact) mass is 268 g/mol. The van der Waals surface area contributed by atoms with Crippen LogP contribution in [0.1, 0.15) is 0 Å². The van der Waals surface area contributed by atoms with Crippen molar-refractivity contribution in [3.63, 3.8) is 0 Å². The number of benzene rings is 1. The van der Waals surface area contributed by atoms with E-state index in [4.69, 9.17) is 10.5 Å². The van der Waals surface area contributed by atoms with Gasteiger partial charge in [-0.25, -0.2) is 0 Å². The van der Waals surface area contributed by atoms with Gasteiger partial charge in [-0.15, -0.1) is 0 Å².